The van der Waals surface area contributed by atoms with Gasteiger partial charge in [-0.3, -0.25) is 4.79 Å². The fraction of sp³-hybridized carbons (Fsp3) is 0.917. The zero-order chi connectivity index (χ0) is 12.0. The molecule has 0 bridgehead atoms. The van der Waals surface area contributed by atoms with Crippen LogP contribution in [0.3, 0.4) is 0 Å². The van der Waals surface area contributed by atoms with Gasteiger partial charge < -0.3 is 15.8 Å². The summed E-state index contributed by atoms with van der Waals surface area (Å²) >= 11 is 0. The van der Waals surface area contributed by atoms with Crippen molar-refractivity contribution in [2.75, 3.05) is 13.7 Å². The summed E-state index contributed by atoms with van der Waals surface area (Å²) < 4.78 is 5.35. The lowest BCUT2D eigenvalue weighted by Gasteiger charge is -2.21. The number of carbonyl (C=O) groups is 1. The van der Waals surface area contributed by atoms with Gasteiger partial charge in [-0.2, -0.15) is 0 Å². The van der Waals surface area contributed by atoms with Crippen LogP contribution in [0.4, 0.5) is 0 Å². The largest absolute Gasteiger partial charge is 0.379 e. The Labute approximate surface area is 97.9 Å². The van der Waals surface area contributed by atoms with E-state index in [9.17, 15) is 4.79 Å². The molecule has 1 amide bonds. The van der Waals surface area contributed by atoms with Crippen LogP contribution in [0.25, 0.3) is 0 Å². The smallest absolute Gasteiger partial charge is 0.223 e. The normalized spacial score (nSPS) is 26.7. The van der Waals surface area contributed by atoms with E-state index in [1.165, 1.54) is 0 Å². The Morgan fingerprint density at radius 2 is 2.31 bits per heavy atom. The third-order valence-electron chi connectivity index (χ3n) is 3.37. The lowest BCUT2D eigenvalue weighted by molar-refractivity contribution is -0.126. The van der Waals surface area contributed by atoms with E-state index in [1.807, 2.05) is 6.92 Å². The molecule has 0 heterocycles. The molecule has 1 aliphatic carbocycles. The highest BCUT2D eigenvalue weighted by molar-refractivity contribution is 5.78. The summed E-state index contributed by atoms with van der Waals surface area (Å²) in [5.74, 6) is 0.198. The molecule has 3 unspecified atom stereocenters. The molecule has 1 fully saturated rings. The number of methoxy groups -OCH3 is 1. The van der Waals surface area contributed by atoms with Gasteiger partial charge in [-0.05, 0) is 38.6 Å². The summed E-state index contributed by atoms with van der Waals surface area (Å²) in [6.45, 7) is 2.61. The minimum Gasteiger partial charge on any atom is -0.379 e. The first-order chi connectivity index (χ1) is 7.69. The van der Waals surface area contributed by atoms with Gasteiger partial charge in [0.05, 0.1) is 12.1 Å². The predicted molar refractivity (Wildman–Crippen MR) is 64.0 cm³/mol. The van der Waals surface area contributed by atoms with Crippen molar-refractivity contribution in [3.8, 4) is 0 Å². The average Bonchev–Trinajstić information content (AvgIpc) is 2.72. The minimum absolute atomic E-state index is 0.0571. The predicted octanol–water partition coefficient (Wildman–Crippen LogP) is 1.05. The Hall–Kier alpha value is -0.610. The monoisotopic (exact) mass is 228 g/mol. The Bertz CT molecular complexity index is 221. The van der Waals surface area contributed by atoms with Crippen LogP contribution in [-0.2, 0) is 9.53 Å². The molecule has 16 heavy (non-hydrogen) atoms. The molecule has 94 valence electrons. The molecule has 4 heteroatoms. The van der Waals surface area contributed by atoms with Gasteiger partial charge in [-0.15, -0.1) is 0 Å². The molecule has 0 aromatic carbocycles. The molecule has 0 saturated heterocycles. The van der Waals surface area contributed by atoms with E-state index in [0.29, 0.717) is 6.54 Å². The zero-order valence-electron chi connectivity index (χ0n) is 10.4. The van der Waals surface area contributed by atoms with E-state index >= 15 is 0 Å². The van der Waals surface area contributed by atoms with E-state index in [2.05, 4.69) is 5.32 Å². The lowest BCUT2D eigenvalue weighted by atomic mass is 10.0. The number of ether oxygens (including phenoxy) is 1. The first kappa shape index (κ1) is 13.5. The van der Waals surface area contributed by atoms with Gasteiger partial charge in [0.25, 0.3) is 0 Å². The van der Waals surface area contributed by atoms with E-state index < -0.39 is 0 Å². The lowest BCUT2D eigenvalue weighted by Crippen LogP contribution is -2.43. The molecule has 0 spiro atoms. The van der Waals surface area contributed by atoms with Crippen molar-refractivity contribution in [2.45, 2.75) is 51.2 Å². The van der Waals surface area contributed by atoms with Crippen LogP contribution in [-0.4, -0.2) is 31.7 Å². The number of hydrogen-bond acceptors (Lipinski definition) is 3. The molecule has 0 radical (unpaired) electrons. The van der Waals surface area contributed by atoms with Gasteiger partial charge in [0, 0.05) is 13.0 Å². The van der Waals surface area contributed by atoms with Crippen molar-refractivity contribution in [3.05, 3.63) is 0 Å². The molecular weight excluding hydrogens is 204 g/mol. The molecule has 4 nitrogen and oxygen atoms in total. The number of hydrogen-bond donors (Lipinski definition) is 2. The third-order valence-corrected chi connectivity index (χ3v) is 3.37. The van der Waals surface area contributed by atoms with Crippen molar-refractivity contribution in [1.82, 2.24) is 5.32 Å². The van der Waals surface area contributed by atoms with E-state index in [1.54, 1.807) is 7.11 Å². The van der Waals surface area contributed by atoms with E-state index in [0.717, 1.165) is 32.1 Å². The summed E-state index contributed by atoms with van der Waals surface area (Å²) in [4.78, 5) is 11.9. The van der Waals surface area contributed by atoms with Crippen LogP contribution >= 0.6 is 0 Å². The molecule has 0 aromatic rings. The van der Waals surface area contributed by atoms with Crippen LogP contribution in [0.2, 0.25) is 0 Å². The maximum Gasteiger partial charge on any atom is 0.223 e. The molecule has 1 rings (SSSR count). The van der Waals surface area contributed by atoms with Crippen molar-refractivity contribution < 1.29 is 9.53 Å². The van der Waals surface area contributed by atoms with Crippen molar-refractivity contribution in [2.24, 2.45) is 11.7 Å². The van der Waals surface area contributed by atoms with Gasteiger partial charge in [-0.1, -0.05) is 6.92 Å². The number of nitrogens with one attached hydrogen (secondary N) is 1. The minimum atomic E-state index is 0.0571. The van der Waals surface area contributed by atoms with Crippen LogP contribution in [0.15, 0.2) is 0 Å². The summed E-state index contributed by atoms with van der Waals surface area (Å²) in [5.41, 5.74) is 5.43. The zero-order valence-corrected chi connectivity index (χ0v) is 10.4. The van der Waals surface area contributed by atoms with E-state index in [-0.39, 0.29) is 24.0 Å². The van der Waals surface area contributed by atoms with E-state index in [4.69, 9.17) is 10.5 Å². The fourth-order valence-electron chi connectivity index (χ4n) is 2.25. The molecule has 0 aliphatic heterocycles. The van der Waals surface area contributed by atoms with Crippen molar-refractivity contribution in [3.63, 3.8) is 0 Å². The summed E-state index contributed by atoms with van der Waals surface area (Å²) in [7, 11) is 1.72. The van der Waals surface area contributed by atoms with Crippen LogP contribution in [0.5, 0.6) is 0 Å². The van der Waals surface area contributed by atoms with Crippen molar-refractivity contribution in [1.29, 1.82) is 0 Å². The summed E-state index contributed by atoms with van der Waals surface area (Å²) in [6.07, 6.45) is 5.21. The fourth-order valence-corrected chi connectivity index (χ4v) is 2.25. The first-order valence-corrected chi connectivity index (χ1v) is 6.22. The first-order valence-electron chi connectivity index (χ1n) is 6.22. The van der Waals surface area contributed by atoms with Gasteiger partial charge in [0.15, 0.2) is 0 Å². The molecule has 3 atom stereocenters. The Balaban J connectivity index is 2.32. The molecule has 1 aliphatic rings. The second kappa shape index (κ2) is 6.86. The maximum atomic E-state index is 11.9. The molecule has 1 saturated carbocycles. The van der Waals surface area contributed by atoms with Gasteiger partial charge in [-0.25, -0.2) is 0 Å². The Morgan fingerprint density at radius 1 is 1.56 bits per heavy atom. The number of amides is 1. The van der Waals surface area contributed by atoms with Gasteiger partial charge in [0.2, 0.25) is 5.91 Å². The molecular formula is C12H24N2O2. The maximum absolute atomic E-state index is 11.9. The topological polar surface area (TPSA) is 64.3 Å². The van der Waals surface area contributed by atoms with Crippen LogP contribution < -0.4 is 11.1 Å². The average molecular weight is 228 g/mol. The second-order valence-corrected chi connectivity index (χ2v) is 4.65. The Kier molecular flexibility index (Phi) is 5.77. The van der Waals surface area contributed by atoms with Gasteiger partial charge in [0.1, 0.15) is 0 Å². The number of rotatable bonds is 6. The quantitative estimate of drug-likeness (QED) is 0.714. The van der Waals surface area contributed by atoms with Crippen molar-refractivity contribution >= 4 is 5.91 Å². The third kappa shape index (κ3) is 3.76. The molecule has 3 N–H and O–H groups in total. The summed E-state index contributed by atoms with van der Waals surface area (Å²) in [5, 5.41) is 3.08. The highest BCUT2D eigenvalue weighted by Gasteiger charge is 2.29. The van der Waals surface area contributed by atoms with Gasteiger partial charge >= 0.3 is 0 Å². The SMILES string of the molecule is COC1CCCC1NC(=O)C(C)CCCN. The Morgan fingerprint density at radius 3 is 2.94 bits per heavy atom. The van der Waals surface area contributed by atoms with Crippen LogP contribution in [0, 0.1) is 5.92 Å². The highest BCUT2D eigenvalue weighted by Crippen LogP contribution is 2.22. The molecule has 0 aromatic heterocycles. The van der Waals surface area contributed by atoms with Crippen LogP contribution in [0.1, 0.15) is 39.0 Å². The highest BCUT2D eigenvalue weighted by atomic mass is 16.5. The number of carbonyl (C=O) groups excluding carboxylic acids is 1. The second-order valence-electron chi connectivity index (χ2n) is 4.65. The number of nitrogens with two attached hydrogens (primary N) is 1. The summed E-state index contributed by atoms with van der Waals surface area (Å²) in [6, 6.07) is 0.206. The standard InChI is InChI=1S/C12H24N2O2/c1-9(5-4-8-13)12(15)14-10-6-3-7-11(10)16-2/h9-11H,3-8,13H2,1-2H3,(H,14,15).